The number of ether oxygens (including phenoxy) is 1. The molecule has 5 rings (SSSR count). The van der Waals surface area contributed by atoms with E-state index in [0.29, 0.717) is 35.3 Å². The third-order valence-corrected chi connectivity index (χ3v) is 7.64. The van der Waals surface area contributed by atoms with Gasteiger partial charge in [0.1, 0.15) is 16.9 Å². The molecule has 0 radical (unpaired) electrons. The van der Waals surface area contributed by atoms with Crippen LogP contribution >= 0.6 is 11.3 Å². The van der Waals surface area contributed by atoms with Crippen LogP contribution in [0.5, 0.6) is 5.88 Å². The summed E-state index contributed by atoms with van der Waals surface area (Å²) in [5.41, 5.74) is 1.09. The number of aliphatic hydroxyl groups excluding tert-OH is 2. The lowest BCUT2D eigenvalue weighted by Gasteiger charge is -2.28. The molecule has 11 heteroatoms. The summed E-state index contributed by atoms with van der Waals surface area (Å²) in [6.07, 6.45) is 1.51. The fraction of sp³-hybridized carbons (Fsp3) is 0.407. The Balaban J connectivity index is 1.49. The van der Waals surface area contributed by atoms with Crippen LogP contribution in [0.1, 0.15) is 34.1 Å². The summed E-state index contributed by atoms with van der Waals surface area (Å²) in [7, 11) is 0. The average molecular weight is 537 g/mol. The summed E-state index contributed by atoms with van der Waals surface area (Å²) in [5, 5.41) is 39.2. The van der Waals surface area contributed by atoms with E-state index in [1.807, 2.05) is 38.1 Å². The van der Waals surface area contributed by atoms with Crippen LogP contribution in [-0.2, 0) is 0 Å². The van der Waals surface area contributed by atoms with Gasteiger partial charge in [-0.05, 0) is 52.3 Å². The Morgan fingerprint density at radius 2 is 1.87 bits per heavy atom. The number of benzene rings is 1. The van der Waals surface area contributed by atoms with Crippen molar-refractivity contribution in [2.75, 3.05) is 10.6 Å². The van der Waals surface area contributed by atoms with E-state index in [4.69, 9.17) is 14.7 Å². The first-order valence-corrected chi connectivity index (χ1v) is 13.4. The minimum atomic E-state index is -1.15. The molecule has 0 aliphatic heterocycles. The lowest BCUT2D eigenvalue weighted by molar-refractivity contribution is -0.0601. The maximum atomic E-state index is 10.8. The second-order valence-corrected chi connectivity index (χ2v) is 11.4. The molecule has 1 saturated carbocycles. The van der Waals surface area contributed by atoms with Crippen molar-refractivity contribution in [1.29, 1.82) is 0 Å². The number of rotatable bonds is 8. The minimum absolute atomic E-state index is 0.0150. The standard InChI is InChI=1S/C27H32N6O4S/c1-14(2)37-21-11-15(9-10-28-21)30-26-29-13-16(25-32-18-7-5-6-8-20(18)38-25)24(33-26)31-19-12-17(27(3,4)36)22(34)23(19)35/h5-11,13-14,17,19,22-23,34-36H,12H2,1-4H3,(H2,28,29,30,31,33). The highest BCUT2D eigenvalue weighted by atomic mass is 32.1. The summed E-state index contributed by atoms with van der Waals surface area (Å²) in [6.45, 7) is 7.14. The fourth-order valence-electron chi connectivity index (χ4n) is 4.67. The Morgan fingerprint density at radius 3 is 2.58 bits per heavy atom. The predicted octanol–water partition coefficient (Wildman–Crippen LogP) is 3.97. The molecule has 5 N–H and O–H groups in total. The molecule has 3 aromatic heterocycles. The zero-order valence-electron chi connectivity index (χ0n) is 21.7. The summed E-state index contributed by atoms with van der Waals surface area (Å²) >= 11 is 1.52. The van der Waals surface area contributed by atoms with E-state index in [0.717, 1.165) is 15.2 Å². The van der Waals surface area contributed by atoms with Crippen LogP contribution in [-0.4, -0.2) is 65.2 Å². The first kappa shape index (κ1) is 26.2. The molecule has 0 amide bonds. The van der Waals surface area contributed by atoms with Gasteiger partial charge in [-0.2, -0.15) is 4.98 Å². The molecule has 0 saturated heterocycles. The Kier molecular flexibility index (Phi) is 7.19. The summed E-state index contributed by atoms with van der Waals surface area (Å²) < 4.78 is 6.72. The van der Waals surface area contributed by atoms with Gasteiger partial charge in [0, 0.05) is 30.1 Å². The van der Waals surface area contributed by atoms with Gasteiger partial charge >= 0.3 is 0 Å². The summed E-state index contributed by atoms with van der Waals surface area (Å²) in [4.78, 5) is 18.2. The molecule has 1 fully saturated rings. The number of aliphatic hydroxyl groups is 3. The normalized spacial score (nSPS) is 21.7. The third-order valence-electron chi connectivity index (χ3n) is 6.57. The molecular formula is C27H32N6O4S. The Labute approximate surface area is 224 Å². The Morgan fingerprint density at radius 1 is 1.08 bits per heavy atom. The Bertz CT molecular complexity index is 1390. The molecule has 4 unspecified atom stereocenters. The topological polar surface area (TPSA) is 146 Å². The van der Waals surface area contributed by atoms with Crippen molar-refractivity contribution in [2.24, 2.45) is 5.92 Å². The molecule has 4 atom stereocenters. The molecule has 1 aliphatic carbocycles. The van der Waals surface area contributed by atoms with Gasteiger partial charge in [0.2, 0.25) is 11.8 Å². The van der Waals surface area contributed by atoms with Gasteiger partial charge in [-0.1, -0.05) is 12.1 Å². The highest BCUT2D eigenvalue weighted by Crippen LogP contribution is 2.39. The summed E-state index contributed by atoms with van der Waals surface area (Å²) in [6, 6.07) is 10.9. The van der Waals surface area contributed by atoms with Gasteiger partial charge in [0.25, 0.3) is 0 Å². The van der Waals surface area contributed by atoms with Crippen molar-refractivity contribution >= 4 is 39.0 Å². The number of hydrogen-bond acceptors (Lipinski definition) is 11. The molecule has 38 heavy (non-hydrogen) atoms. The van der Waals surface area contributed by atoms with Crippen molar-refractivity contribution < 1.29 is 20.1 Å². The molecule has 4 aromatic rings. The number of thiazole rings is 1. The average Bonchev–Trinajstić information content (AvgIpc) is 3.40. The lowest BCUT2D eigenvalue weighted by atomic mass is 9.88. The van der Waals surface area contributed by atoms with Crippen molar-refractivity contribution in [3.63, 3.8) is 0 Å². The summed E-state index contributed by atoms with van der Waals surface area (Å²) in [5.74, 6) is 0.764. The van der Waals surface area contributed by atoms with Gasteiger partial charge in [0.15, 0.2) is 0 Å². The van der Waals surface area contributed by atoms with Crippen molar-refractivity contribution in [3.05, 3.63) is 48.8 Å². The van der Waals surface area contributed by atoms with Gasteiger partial charge in [-0.3, -0.25) is 0 Å². The number of fused-ring (bicyclic) bond motifs is 1. The molecule has 0 spiro atoms. The van der Waals surface area contributed by atoms with Gasteiger partial charge in [-0.25, -0.2) is 15.0 Å². The maximum Gasteiger partial charge on any atom is 0.229 e. The van der Waals surface area contributed by atoms with Crippen LogP contribution in [0.4, 0.5) is 17.5 Å². The van der Waals surface area contributed by atoms with Crippen LogP contribution in [0.3, 0.4) is 0 Å². The number of nitrogens with one attached hydrogen (secondary N) is 2. The molecule has 0 bridgehead atoms. The van der Waals surface area contributed by atoms with E-state index < -0.39 is 29.8 Å². The third kappa shape index (κ3) is 5.56. The van der Waals surface area contributed by atoms with Crippen LogP contribution in [0.15, 0.2) is 48.8 Å². The number of pyridine rings is 1. The van der Waals surface area contributed by atoms with Crippen LogP contribution in [0.25, 0.3) is 20.8 Å². The SMILES string of the molecule is CC(C)Oc1cc(Nc2ncc(-c3nc4ccccc4s3)c(NC3CC(C(C)(C)O)C(O)C3O)n2)ccn1. The number of hydrogen-bond donors (Lipinski definition) is 5. The van der Waals surface area contributed by atoms with Crippen molar-refractivity contribution in [2.45, 2.75) is 64.1 Å². The number of para-hydroxylation sites is 1. The number of nitrogens with zero attached hydrogens (tertiary/aromatic N) is 4. The van der Waals surface area contributed by atoms with Crippen LogP contribution in [0, 0.1) is 5.92 Å². The predicted molar refractivity (Wildman–Crippen MR) is 148 cm³/mol. The van der Waals surface area contributed by atoms with Gasteiger partial charge < -0.3 is 30.7 Å². The molecular weight excluding hydrogens is 504 g/mol. The first-order valence-electron chi connectivity index (χ1n) is 12.6. The van der Waals surface area contributed by atoms with Gasteiger partial charge in [0.05, 0.1) is 39.6 Å². The maximum absolute atomic E-state index is 10.8. The van der Waals surface area contributed by atoms with E-state index in [2.05, 4.69) is 20.6 Å². The van der Waals surface area contributed by atoms with Crippen LogP contribution in [0.2, 0.25) is 0 Å². The minimum Gasteiger partial charge on any atom is -0.475 e. The van der Waals surface area contributed by atoms with E-state index in [1.54, 1.807) is 38.4 Å². The van der Waals surface area contributed by atoms with Crippen molar-refractivity contribution in [1.82, 2.24) is 19.9 Å². The number of aromatic nitrogens is 4. The van der Waals surface area contributed by atoms with Crippen molar-refractivity contribution in [3.8, 4) is 16.5 Å². The van der Waals surface area contributed by atoms with E-state index in [1.165, 1.54) is 11.3 Å². The fourth-order valence-corrected chi connectivity index (χ4v) is 5.65. The quantitative estimate of drug-likeness (QED) is 0.224. The molecule has 1 aromatic carbocycles. The van der Waals surface area contributed by atoms with Crippen LogP contribution < -0.4 is 15.4 Å². The smallest absolute Gasteiger partial charge is 0.229 e. The van der Waals surface area contributed by atoms with E-state index in [9.17, 15) is 15.3 Å². The van der Waals surface area contributed by atoms with E-state index >= 15 is 0 Å². The van der Waals surface area contributed by atoms with E-state index in [-0.39, 0.29) is 6.10 Å². The Hall–Kier alpha value is -3.38. The first-order chi connectivity index (χ1) is 18.1. The molecule has 200 valence electrons. The number of anilines is 3. The monoisotopic (exact) mass is 536 g/mol. The highest BCUT2D eigenvalue weighted by Gasteiger charge is 2.47. The second kappa shape index (κ2) is 10.4. The molecule has 1 aliphatic rings. The molecule has 3 heterocycles. The zero-order valence-corrected chi connectivity index (χ0v) is 22.5. The highest BCUT2D eigenvalue weighted by molar-refractivity contribution is 7.21. The van der Waals surface area contributed by atoms with Gasteiger partial charge in [-0.15, -0.1) is 11.3 Å². The largest absolute Gasteiger partial charge is 0.475 e. The lowest BCUT2D eigenvalue weighted by Crippen LogP contribution is -2.40. The zero-order chi connectivity index (χ0) is 27.0. The molecule has 10 nitrogen and oxygen atoms in total. The second-order valence-electron chi connectivity index (χ2n) is 10.3.